The Balaban J connectivity index is 2.10. The maximum atomic E-state index is 12.4. The summed E-state index contributed by atoms with van der Waals surface area (Å²) < 4.78 is 32.2. The third-order valence-corrected chi connectivity index (χ3v) is 4.93. The maximum Gasteiger partial charge on any atom is 0.243 e. The topological polar surface area (TPSA) is 85.1 Å². The van der Waals surface area contributed by atoms with Crippen molar-refractivity contribution in [1.29, 1.82) is 0 Å². The monoisotopic (exact) mass is 311 g/mol. The molecule has 6 nitrogen and oxygen atoms in total. The Kier molecular flexibility index (Phi) is 4.95. The largest absolute Gasteiger partial charge is 0.243 e. The first-order valence-electron chi connectivity index (χ1n) is 7.14. The zero-order valence-corrected chi connectivity index (χ0v) is 13.4. The minimum Gasteiger partial charge on any atom is -0.243 e. The minimum absolute atomic E-state index is 0.108. The summed E-state index contributed by atoms with van der Waals surface area (Å²) in [6, 6.07) is 4.68. The standard InChI is InChI=1S/C14H21N3O3S/c1-10(2)6-4-7-11(3)17-21(18,19)13-9-5-8-12-14(13)16-20-15-12/h5,8-11,17H,4,6-7H2,1-3H3. The van der Waals surface area contributed by atoms with E-state index in [-0.39, 0.29) is 16.5 Å². The Morgan fingerprint density at radius 2 is 1.95 bits per heavy atom. The van der Waals surface area contributed by atoms with Gasteiger partial charge in [0.1, 0.15) is 10.4 Å². The summed E-state index contributed by atoms with van der Waals surface area (Å²) in [6.45, 7) is 6.19. The third kappa shape index (κ3) is 4.01. The van der Waals surface area contributed by atoms with Crippen LogP contribution in [-0.2, 0) is 10.0 Å². The summed E-state index contributed by atoms with van der Waals surface area (Å²) >= 11 is 0. The van der Waals surface area contributed by atoms with Crippen LogP contribution in [0, 0.1) is 5.92 Å². The molecule has 2 rings (SSSR count). The number of aromatic nitrogens is 2. The summed E-state index contributed by atoms with van der Waals surface area (Å²) in [5.74, 6) is 0.628. The lowest BCUT2D eigenvalue weighted by molar-refractivity contribution is 0.315. The molecule has 2 aromatic rings. The number of nitrogens with zero attached hydrogens (tertiary/aromatic N) is 2. The predicted molar refractivity (Wildman–Crippen MR) is 80.3 cm³/mol. The minimum atomic E-state index is -3.62. The Hall–Kier alpha value is -1.47. The molecule has 0 spiro atoms. The first-order chi connectivity index (χ1) is 9.90. The van der Waals surface area contributed by atoms with E-state index in [1.807, 2.05) is 6.92 Å². The van der Waals surface area contributed by atoms with Crippen molar-refractivity contribution in [3.05, 3.63) is 18.2 Å². The quantitative estimate of drug-likeness (QED) is 0.849. The van der Waals surface area contributed by atoms with Gasteiger partial charge in [-0.25, -0.2) is 17.8 Å². The van der Waals surface area contributed by atoms with E-state index in [9.17, 15) is 8.42 Å². The summed E-state index contributed by atoms with van der Waals surface area (Å²) in [5, 5.41) is 7.33. The smallest absolute Gasteiger partial charge is 0.243 e. The van der Waals surface area contributed by atoms with E-state index in [4.69, 9.17) is 0 Å². The highest BCUT2D eigenvalue weighted by Gasteiger charge is 2.22. The average molecular weight is 311 g/mol. The molecular formula is C14H21N3O3S. The highest BCUT2D eigenvalue weighted by molar-refractivity contribution is 7.89. The maximum absolute atomic E-state index is 12.4. The Bertz CT molecular complexity index is 694. The number of nitrogens with one attached hydrogen (secondary N) is 1. The first kappa shape index (κ1) is 15.9. The van der Waals surface area contributed by atoms with Gasteiger partial charge in [-0.2, -0.15) is 0 Å². The van der Waals surface area contributed by atoms with Crippen LogP contribution in [0.4, 0.5) is 0 Å². The second-order valence-electron chi connectivity index (χ2n) is 5.74. The number of fused-ring (bicyclic) bond motifs is 1. The van der Waals surface area contributed by atoms with E-state index in [1.165, 1.54) is 6.07 Å². The van der Waals surface area contributed by atoms with Gasteiger partial charge in [-0.05, 0) is 41.7 Å². The van der Waals surface area contributed by atoms with Gasteiger partial charge in [0, 0.05) is 6.04 Å². The van der Waals surface area contributed by atoms with Crippen LogP contribution in [-0.4, -0.2) is 24.8 Å². The molecule has 1 atom stereocenters. The number of benzene rings is 1. The lowest BCUT2D eigenvalue weighted by atomic mass is 10.0. The second-order valence-corrected chi connectivity index (χ2v) is 7.42. The normalized spacial score (nSPS) is 13.9. The van der Waals surface area contributed by atoms with E-state index in [2.05, 4.69) is 33.5 Å². The molecule has 0 bridgehead atoms. The van der Waals surface area contributed by atoms with E-state index in [1.54, 1.807) is 12.1 Å². The Morgan fingerprint density at radius 1 is 1.19 bits per heavy atom. The van der Waals surface area contributed by atoms with Gasteiger partial charge in [0.2, 0.25) is 10.0 Å². The molecule has 1 aromatic heterocycles. The van der Waals surface area contributed by atoms with Crippen LogP contribution in [0.1, 0.15) is 40.0 Å². The van der Waals surface area contributed by atoms with Gasteiger partial charge < -0.3 is 0 Å². The van der Waals surface area contributed by atoms with Crippen LogP contribution >= 0.6 is 0 Å². The molecule has 0 saturated carbocycles. The molecule has 7 heteroatoms. The molecule has 1 heterocycles. The number of sulfonamides is 1. The molecule has 1 aromatic carbocycles. The van der Waals surface area contributed by atoms with Crippen molar-refractivity contribution in [3.63, 3.8) is 0 Å². The van der Waals surface area contributed by atoms with Crippen molar-refractivity contribution in [3.8, 4) is 0 Å². The molecule has 21 heavy (non-hydrogen) atoms. The molecule has 1 N–H and O–H groups in total. The third-order valence-electron chi connectivity index (χ3n) is 3.31. The van der Waals surface area contributed by atoms with Crippen LogP contribution in [0.3, 0.4) is 0 Å². The van der Waals surface area contributed by atoms with Gasteiger partial charge in [0.05, 0.1) is 0 Å². The highest BCUT2D eigenvalue weighted by Crippen LogP contribution is 2.20. The molecule has 0 fully saturated rings. The fourth-order valence-electron chi connectivity index (χ4n) is 2.22. The van der Waals surface area contributed by atoms with E-state index in [0.717, 1.165) is 19.3 Å². The molecular weight excluding hydrogens is 290 g/mol. The lowest BCUT2D eigenvalue weighted by Crippen LogP contribution is -2.32. The molecule has 0 amide bonds. The van der Waals surface area contributed by atoms with Gasteiger partial charge in [0.25, 0.3) is 0 Å². The molecule has 0 aliphatic carbocycles. The van der Waals surface area contributed by atoms with E-state index < -0.39 is 10.0 Å². The van der Waals surface area contributed by atoms with Crippen molar-refractivity contribution in [1.82, 2.24) is 15.0 Å². The van der Waals surface area contributed by atoms with Gasteiger partial charge in [-0.1, -0.05) is 32.8 Å². The van der Waals surface area contributed by atoms with E-state index in [0.29, 0.717) is 11.4 Å². The summed E-state index contributed by atoms with van der Waals surface area (Å²) in [6.07, 6.45) is 2.90. The first-order valence-corrected chi connectivity index (χ1v) is 8.62. The second kappa shape index (κ2) is 6.53. The van der Waals surface area contributed by atoms with Crippen molar-refractivity contribution in [2.75, 3.05) is 0 Å². The lowest BCUT2D eigenvalue weighted by Gasteiger charge is -2.14. The highest BCUT2D eigenvalue weighted by atomic mass is 32.2. The molecule has 116 valence electrons. The molecule has 0 aliphatic rings. The fraction of sp³-hybridized carbons (Fsp3) is 0.571. The van der Waals surface area contributed by atoms with Crippen LogP contribution in [0.5, 0.6) is 0 Å². The van der Waals surface area contributed by atoms with Crippen molar-refractivity contribution >= 4 is 21.1 Å². The van der Waals surface area contributed by atoms with Crippen molar-refractivity contribution in [2.45, 2.75) is 51.0 Å². The number of hydrogen-bond donors (Lipinski definition) is 1. The SMILES string of the molecule is CC(C)CCCC(C)NS(=O)(=O)c1cccc2nonc12. The Morgan fingerprint density at radius 3 is 2.67 bits per heavy atom. The van der Waals surface area contributed by atoms with Crippen LogP contribution in [0.15, 0.2) is 27.7 Å². The predicted octanol–water partition coefficient (Wildman–Crippen LogP) is 2.72. The van der Waals surface area contributed by atoms with Crippen LogP contribution in [0.25, 0.3) is 11.0 Å². The van der Waals surface area contributed by atoms with Gasteiger partial charge >= 0.3 is 0 Å². The fourth-order valence-corrected chi connectivity index (χ4v) is 3.65. The van der Waals surface area contributed by atoms with Crippen LogP contribution in [0.2, 0.25) is 0 Å². The molecule has 0 radical (unpaired) electrons. The van der Waals surface area contributed by atoms with Crippen LogP contribution < -0.4 is 4.72 Å². The summed E-state index contributed by atoms with van der Waals surface area (Å²) in [5.41, 5.74) is 0.699. The molecule has 0 aliphatic heterocycles. The average Bonchev–Trinajstić information content (AvgIpc) is 2.85. The van der Waals surface area contributed by atoms with Gasteiger partial charge in [0.15, 0.2) is 5.52 Å². The molecule has 1 unspecified atom stereocenters. The summed E-state index contributed by atoms with van der Waals surface area (Å²) in [4.78, 5) is 0.108. The number of hydrogen-bond acceptors (Lipinski definition) is 5. The van der Waals surface area contributed by atoms with E-state index >= 15 is 0 Å². The number of rotatable bonds is 7. The zero-order chi connectivity index (χ0) is 15.5. The molecule has 0 saturated heterocycles. The Labute approximate surface area is 124 Å². The van der Waals surface area contributed by atoms with Crippen molar-refractivity contribution in [2.24, 2.45) is 5.92 Å². The van der Waals surface area contributed by atoms with Crippen molar-refractivity contribution < 1.29 is 13.0 Å². The van der Waals surface area contributed by atoms with Gasteiger partial charge in [-0.3, -0.25) is 0 Å². The van der Waals surface area contributed by atoms with Gasteiger partial charge in [-0.15, -0.1) is 0 Å². The zero-order valence-electron chi connectivity index (χ0n) is 12.5. The summed E-state index contributed by atoms with van der Waals surface area (Å²) in [7, 11) is -3.62.